The van der Waals surface area contributed by atoms with Gasteiger partial charge in [-0.1, -0.05) is 54.6 Å². The molecule has 0 aliphatic carbocycles. The van der Waals surface area contributed by atoms with Crippen LogP contribution in [0.25, 0.3) is 11.1 Å². The summed E-state index contributed by atoms with van der Waals surface area (Å²) < 4.78 is 10.5. The third-order valence-corrected chi connectivity index (χ3v) is 5.99. The number of piperidine rings is 1. The Labute approximate surface area is 194 Å². The second-order valence-corrected chi connectivity index (χ2v) is 8.09. The van der Waals surface area contributed by atoms with E-state index in [1.807, 2.05) is 54.6 Å². The lowest BCUT2D eigenvalue weighted by atomic mass is 9.89. The summed E-state index contributed by atoms with van der Waals surface area (Å²) in [5.74, 6) is 1.01. The van der Waals surface area contributed by atoms with Crippen LogP contribution in [0.3, 0.4) is 0 Å². The second kappa shape index (κ2) is 10.2. The number of methoxy groups -OCH3 is 2. The summed E-state index contributed by atoms with van der Waals surface area (Å²) in [6.45, 7) is 1.02. The number of carbonyl (C=O) groups is 2. The molecular formula is C27H28N2O4. The minimum absolute atomic E-state index is 0.0817. The van der Waals surface area contributed by atoms with E-state index in [-0.39, 0.29) is 17.7 Å². The number of urea groups is 1. The van der Waals surface area contributed by atoms with E-state index >= 15 is 0 Å². The minimum atomic E-state index is -0.223. The number of Topliss-reactive ketones (excluding diaryl/α,β-unsaturated/α-hetero) is 1. The zero-order chi connectivity index (χ0) is 23.2. The number of nitrogens with one attached hydrogen (secondary N) is 1. The van der Waals surface area contributed by atoms with E-state index in [1.165, 1.54) is 0 Å². The van der Waals surface area contributed by atoms with Crippen LogP contribution in [0.2, 0.25) is 0 Å². The molecule has 4 rings (SSSR count). The van der Waals surface area contributed by atoms with Gasteiger partial charge in [-0.15, -0.1) is 0 Å². The van der Waals surface area contributed by atoms with E-state index < -0.39 is 0 Å². The number of nitrogens with zero attached hydrogens (tertiary/aromatic N) is 1. The van der Waals surface area contributed by atoms with E-state index in [1.54, 1.807) is 37.3 Å². The predicted molar refractivity (Wildman–Crippen MR) is 129 cm³/mol. The van der Waals surface area contributed by atoms with Crippen molar-refractivity contribution in [2.75, 3.05) is 32.6 Å². The van der Waals surface area contributed by atoms with Crippen molar-refractivity contribution < 1.29 is 19.1 Å². The third kappa shape index (κ3) is 5.17. The number of amides is 2. The Kier molecular flexibility index (Phi) is 6.93. The molecule has 1 aliphatic heterocycles. The summed E-state index contributed by atoms with van der Waals surface area (Å²) in [7, 11) is 3.12. The first-order valence-electron chi connectivity index (χ1n) is 11.1. The zero-order valence-corrected chi connectivity index (χ0v) is 18.9. The molecule has 0 saturated carbocycles. The number of anilines is 1. The summed E-state index contributed by atoms with van der Waals surface area (Å²) in [6.07, 6.45) is 1.57. The van der Waals surface area contributed by atoms with Gasteiger partial charge in [0.25, 0.3) is 0 Å². The largest absolute Gasteiger partial charge is 0.493 e. The molecule has 1 atom stereocenters. The number of ether oxygens (including phenoxy) is 2. The zero-order valence-electron chi connectivity index (χ0n) is 18.9. The van der Waals surface area contributed by atoms with Gasteiger partial charge in [0.2, 0.25) is 0 Å². The molecule has 1 fully saturated rings. The Balaban J connectivity index is 1.40. The molecule has 33 heavy (non-hydrogen) atoms. The molecule has 3 aromatic carbocycles. The molecule has 0 bridgehead atoms. The highest BCUT2D eigenvalue weighted by Crippen LogP contribution is 2.30. The summed E-state index contributed by atoms with van der Waals surface area (Å²) in [5, 5.41) is 2.90. The molecule has 3 aromatic rings. The van der Waals surface area contributed by atoms with Crippen molar-refractivity contribution in [3.63, 3.8) is 0 Å². The van der Waals surface area contributed by atoms with Gasteiger partial charge >= 0.3 is 6.03 Å². The number of hydrogen-bond donors (Lipinski definition) is 1. The number of hydrogen-bond acceptors (Lipinski definition) is 4. The fraction of sp³-hybridized carbons (Fsp3) is 0.259. The van der Waals surface area contributed by atoms with Gasteiger partial charge in [-0.25, -0.2) is 4.79 Å². The molecular weight excluding hydrogens is 416 g/mol. The van der Waals surface area contributed by atoms with E-state index in [0.29, 0.717) is 35.8 Å². The van der Waals surface area contributed by atoms with E-state index in [9.17, 15) is 9.59 Å². The lowest BCUT2D eigenvalue weighted by Crippen LogP contribution is -2.44. The van der Waals surface area contributed by atoms with Gasteiger partial charge < -0.3 is 19.7 Å². The molecule has 1 heterocycles. The van der Waals surface area contributed by atoms with E-state index in [4.69, 9.17) is 9.47 Å². The van der Waals surface area contributed by atoms with Crippen LogP contribution < -0.4 is 14.8 Å². The van der Waals surface area contributed by atoms with Gasteiger partial charge in [0.15, 0.2) is 17.3 Å². The minimum Gasteiger partial charge on any atom is -0.493 e. The number of likely N-dealkylation sites (tertiary alicyclic amines) is 1. The molecule has 0 spiro atoms. The highest BCUT2D eigenvalue weighted by atomic mass is 16.5. The lowest BCUT2D eigenvalue weighted by molar-refractivity contribution is 0.0851. The van der Waals surface area contributed by atoms with Crippen LogP contribution in [0, 0.1) is 5.92 Å². The summed E-state index contributed by atoms with van der Waals surface area (Å²) in [6, 6.07) is 22.8. The standard InChI is InChI=1S/C27H28N2O4/c1-32-24-15-14-23(17-25(24)33-2)28-27(31)29-16-6-9-22(18-29)26(30)21-12-10-20(11-13-21)19-7-4-3-5-8-19/h3-5,7-8,10-15,17,22H,6,9,16,18H2,1-2H3,(H,28,31). The predicted octanol–water partition coefficient (Wildman–Crippen LogP) is 5.50. The van der Waals surface area contributed by atoms with Gasteiger partial charge in [0.05, 0.1) is 14.2 Å². The number of carbonyl (C=O) groups excluding carboxylic acids is 2. The maximum Gasteiger partial charge on any atom is 0.321 e. The highest BCUT2D eigenvalue weighted by molar-refractivity contribution is 5.99. The Morgan fingerprint density at radius 2 is 1.58 bits per heavy atom. The Morgan fingerprint density at radius 1 is 0.879 bits per heavy atom. The molecule has 6 nitrogen and oxygen atoms in total. The Morgan fingerprint density at radius 3 is 2.27 bits per heavy atom. The normalized spacial score (nSPS) is 15.6. The van der Waals surface area contributed by atoms with Gasteiger partial charge in [-0.2, -0.15) is 0 Å². The molecule has 1 aliphatic rings. The van der Waals surface area contributed by atoms with Crippen molar-refractivity contribution in [3.05, 3.63) is 78.4 Å². The first-order chi connectivity index (χ1) is 16.1. The van der Waals surface area contributed by atoms with Crippen LogP contribution in [-0.2, 0) is 0 Å². The number of ketones is 1. The monoisotopic (exact) mass is 444 g/mol. The van der Waals surface area contributed by atoms with Crippen molar-refractivity contribution in [2.45, 2.75) is 12.8 Å². The van der Waals surface area contributed by atoms with Crippen LogP contribution in [-0.4, -0.2) is 44.0 Å². The molecule has 0 radical (unpaired) electrons. The van der Waals surface area contributed by atoms with Crippen LogP contribution in [0.15, 0.2) is 72.8 Å². The smallest absolute Gasteiger partial charge is 0.321 e. The molecule has 1 unspecified atom stereocenters. The van der Waals surface area contributed by atoms with Crippen LogP contribution in [0.5, 0.6) is 11.5 Å². The number of benzene rings is 3. The van der Waals surface area contributed by atoms with Crippen LogP contribution in [0.1, 0.15) is 23.2 Å². The second-order valence-electron chi connectivity index (χ2n) is 8.09. The maximum atomic E-state index is 13.1. The lowest BCUT2D eigenvalue weighted by Gasteiger charge is -2.32. The first-order valence-corrected chi connectivity index (χ1v) is 11.1. The molecule has 170 valence electrons. The van der Waals surface area contributed by atoms with Gasteiger partial charge in [-0.05, 0) is 36.1 Å². The van der Waals surface area contributed by atoms with Crippen molar-refractivity contribution in [1.82, 2.24) is 4.90 Å². The maximum absolute atomic E-state index is 13.1. The highest BCUT2D eigenvalue weighted by Gasteiger charge is 2.29. The average Bonchev–Trinajstić information content (AvgIpc) is 2.88. The van der Waals surface area contributed by atoms with Crippen LogP contribution >= 0.6 is 0 Å². The van der Waals surface area contributed by atoms with E-state index in [2.05, 4.69) is 5.32 Å². The topological polar surface area (TPSA) is 67.9 Å². The molecule has 0 aromatic heterocycles. The summed E-state index contributed by atoms with van der Waals surface area (Å²) in [4.78, 5) is 27.7. The molecule has 6 heteroatoms. The van der Waals surface area contributed by atoms with Crippen molar-refractivity contribution in [2.24, 2.45) is 5.92 Å². The number of rotatable bonds is 6. The summed E-state index contributed by atoms with van der Waals surface area (Å²) >= 11 is 0. The fourth-order valence-electron chi connectivity index (χ4n) is 4.19. The molecule has 2 amide bonds. The fourth-order valence-corrected chi connectivity index (χ4v) is 4.19. The summed E-state index contributed by atoms with van der Waals surface area (Å²) in [5.41, 5.74) is 3.49. The quantitative estimate of drug-likeness (QED) is 0.510. The van der Waals surface area contributed by atoms with Gasteiger partial charge in [0.1, 0.15) is 0 Å². The molecule has 1 N–H and O–H groups in total. The molecule has 1 saturated heterocycles. The third-order valence-electron chi connectivity index (χ3n) is 5.99. The first kappa shape index (κ1) is 22.4. The van der Waals surface area contributed by atoms with Gasteiger partial charge in [-0.3, -0.25) is 4.79 Å². The van der Waals surface area contributed by atoms with Crippen molar-refractivity contribution in [1.29, 1.82) is 0 Å². The van der Waals surface area contributed by atoms with E-state index in [0.717, 1.165) is 24.0 Å². The van der Waals surface area contributed by atoms with Gasteiger partial charge in [0, 0.05) is 36.3 Å². The average molecular weight is 445 g/mol. The Bertz CT molecular complexity index is 1110. The Hall–Kier alpha value is -3.80. The SMILES string of the molecule is COc1ccc(NC(=O)N2CCCC(C(=O)c3ccc(-c4ccccc4)cc3)C2)cc1OC. The van der Waals surface area contributed by atoms with Crippen LogP contribution in [0.4, 0.5) is 10.5 Å². The van der Waals surface area contributed by atoms with Crippen molar-refractivity contribution >= 4 is 17.5 Å². The van der Waals surface area contributed by atoms with Crippen molar-refractivity contribution in [3.8, 4) is 22.6 Å².